The summed E-state index contributed by atoms with van der Waals surface area (Å²) in [5.41, 5.74) is 1.75. The highest BCUT2D eigenvalue weighted by atomic mass is 35.5. The normalized spacial score (nSPS) is 13.3. The number of halogens is 1. The van der Waals surface area contributed by atoms with E-state index < -0.39 is 22.1 Å². The number of anilines is 1. The van der Waals surface area contributed by atoms with Crippen LogP contribution in [-0.4, -0.2) is 42.3 Å². The van der Waals surface area contributed by atoms with Crippen molar-refractivity contribution in [1.29, 1.82) is 0 Å². The minimum Gasteiger partial charge on any atom is -0.508 e. The number of nitrogens with one attached hydrogen (secondary N) is 2. The molecule has 10 heteroatoms. The molecule has 180 valence electrons. The quantitative estimate of drug-likeness (QED) is 0.283. The van der Waals surface area contributed by atoms with Crippen LogP contribution in [0.4, 0.5) is 5.69 Å². The molecule has 0 amide bonds. The van der Waals surface area contributed by atoms with Gasteiger partial charge in [-0.1, -0.05) is 29.8 Å². The molecule has 5 N–H and O–H groups in total. The summed E-state index contributed by atoms with van der Waals surface area (Å²) in [5.74, 6) is -1.01. The van der Waals surface area contributed by atoms with E-state index in [0.29, 0.717) is 23.6 Å². The summed E-state index contributed by atoms with van der Waals surface area (Å²) in [5, 5.41) is 32.4. The lowest BCUT2D eigenvalue weighted by Crippen LogP contribution is -2.33. The predicted molar refractivity (Wildman–Crippen MR) is 130 cm³/mol. The second-order valence-corrected chi connectivity index (χ2v) is 9.86. The second-order valence-electron chi connectivity index (χ2n) is 7.77. The van der Waals surface area contributed by atoms with Crippen LogP contribution in [-0.2, 0) is 16.4 Å². The molecule has 3 aromatic rings. The van der Waals surface area contributed by atoms with Crippen LogP contribution < -0.4 is 10.0 Å². The van der Waals surface area contributed by atoms with Crippen LogP contribution in [0.5, 0.6) is 5.75 Å². The maximum atomic E-state index is 12.6. The Bertz CT molecular complexity index is 1250. The molecule has 0 bridgehead atoms. The molecule has 34 heavy (non-hydrogen) atoms. The molecule has 0 spiro atoms. The van der Waals surface area contributed by atoms with Gasteiger partial charge in [-0.15, -0.1) is 0 Å². The molecule has 3 rings (SSSR count). The Morgan fingerprint density at radius 1 is 1.03 bits per heavy atom. The monoisotopic (exact) mass is 504 g/mol. The summed E-state index contributed by atoms with van der Waals surface area (Å²) in [7, 11) is -3.91. The van der Waals surface area contributed by atoms with Gasteiger partial charge in [0.2, 0.25) is 0 Å². The van der Waals surface area contributed by atoms with E-state index in [1.54, 1.807) is 24.3 Å². The van der Waals surface area contributed by atoms with E-state index in [-0.39, 0.29) is 27.9 Å². The third-order valence-electron chi connectivity index (χ3n) is 5.29. The zero-order chi connectivity index (χ0) is 24.9. The van der Waals surface area contributed by atoms with Gasteiger partial charge in [-0.25, -0.2) is 13.2 Å². The van der Waals surface area contributed by atoms with Crippen molar-refractivity contribution in [3.63, 3.8) is 0 Å². The first-order chi connectivity index (χ1) is 16.1. The molecule has 0 radical (unpaired) electrons. The topological polar surface area (TPSA) is 136 Å². The van der Waals surface area contributed by atoms with Crippen molar-refractivity contribution >= 4 is 33.3 Å². The van der Waals surface area contributed by atoms with Crippen molar-refractivity contribution in [2.45, 2.75) is 30.4 Å². The number of aliphatic hydroxyl groups is 1. The number of aliphatic hydroxyl groups excluding tert-OH is 1. The van der Waals surface area contributed by atoms with Crippen LogP contribution in [0.2, 0.25) is 5.02 Å². The molecule has 2 atom stereocenters. The SMILES string of the molecule is C[C@H](NCCc1ccc(NS(=O)(=O)c2ccc(C(=O)O)cc2)cc1Cl)[C@H](O)c1ccc(O)cc1. The largest absolute Gasteiger partial charge is 0.508 e. The van der Waals surface area contributed by atoms with Crippen LogP contribution in [0, 0.1) is 0 Å². The molecule has 0 aromatic heterocycles. The molecule has 0 aliphatic carbocycles. The highest BCUT2D eigenvalue weighted by Crippen LogP contribution is 2.24. The van der Waals surface area contributed by atoms with Gasteiger partial charge in [-0.3, -0.25) is 4.72 Å². The van der Waals surface area contributed by atoms with Crippen LogP contribution >= 0.6 is 11.6 Å². The molecule has 0 saturated carbocycles. The van der Waals surface area contributed by atoms with Gasteiger partial charge in [0.05, 0.1) is 22.3 Å². The lowest BCUT2D eigenvalue weighted by atomic mass is 10.0. The number of aromatic carboxylic acids is 1. The number of carboxylic acid groups (broad SMARTS) is 1. The molecule has 3 aromatic carbocycles. The van der Waals surface area contributed by atoms with Crippen molar-refractivity contribution in [3.05, 3.63) is 88.4 Å². The lowest BCUT2D eigenvalue weighted by molar-refractivity contribution is 0.0696. The van der Waals surface area contributed by atoms with Crippen LogP contribution in [0.25, 0.3) is 0 Å². The number of phenols is 1. The number of phenolic OH excluding ortho intramolecular Hbond substituents is 1. The van der Waals surface area contributed by atoms with Gasteiger partial charge in [0.1, 0.15) is 5.75 Å². The fourth-order valence-electron chi connectivity index (χ4n) is 3.31. The van der Waals surface area contributed by atoms with Crippen molar-refractivity contribution < 1.29 is 28.5 Å². The van der Waals surface area contributed by atoms with E-state index in [1.807, 2.05) is 6.92 Å². The Balaban J connectivity index is 1.58. The number of hydrogen-bond donors (Lipinski definition) is 5. The Labute approximate surface area is 202 Å². The fraction of sp³-hybridized carbons (Fsp3) is 0.208. The standard InChI is InChI=1S/C24H25ClN2O6S/c1-15(23(29)17-3-8-20(28)9-4-17)26-13-12-16-2-7-19(14-22(16)25)27-34(32,33)21-10-5-18(6-11-21)24(30)31/h2-11,14-15,23,26-29H,12-13H2,1H3,(H,30,31)/t15-,23-/m0/s1. The van der Waals surface area contributed by atoms with Gasteiger partial charge in [0.25, 0.3) is 10.0 Å². The number of sulfonamides is 1. The predicted octanol–water partition coefficient (Wildman–Crippen LogP) is 3.80. The molecular formula is C24H25ClN2O6S. The van der Waals surface area contributed by atoms with Crippen LogP contribution in [0.15, 0.2) is 71.6 Å². The molecular weight excluding hydrogens is 480 g/mol. The van der Waals surface area contributed by atoms with E-state index in [9.17, 15) is 23.4 Å². The minimum atomic E-state index is -3.91. The Morgan fingerprint density at radius 3 is 2.26 bits per heavy atom. The van der Waals surface area contributed by atoms with Gasteiger partial charge in [0, 0.05) is 11.1 Å². The second kappa shape index (κ2) is 10.9. The van der Waals surface area contributed by atoms with Gasteiger partial charge in [0.15, 0.2) is 0 Å². The van der Waals surface area contributed by atoms with Gasteiger partial charge in [-0.05, 0) is 79.5 Å². The third-order valence-corrected chi connectivity index (χ3v) is 7.03. The Morgan fingerprint density at radius 2 is 1.68 bits per heavy atom. The van der Waals surface area contributed by atoms with Crippen molar-refractivity contribution in [1.82, 2.24) is 5.32 Å². The molecule has 0 fully saturated rings. The zero-order valence-electron chi connectivity index (χ0n) is 18.3. The maximum Gasteiger partial charge on any atom is 0.335 e. The first kappa shape index (κ1) is 25.5. The van der Waals surface area contributed by atoms with E-state index in [2.05, 4.69) is 10.0 Å². The molecule has 0 saturated heterocycles. The summed E-state index contributed by atoms with van der Waals surface area (Å²) in [4.78, 5) is 10.9. The summed E-state index contributed by atoms with van der Waals surface area (Å²) >= 11 is 6.35. The van der Waals surface area contributed by atoms with Crippen molar-refractivity contribution in [2.24, 2.45) is 0 Å². The summed E-state index contributed by atoms with van der Waals surface area (Å²) in [6, 6.07) is 15.8. The molecule has 0 unspecified atom stereocenters. The average molecular weight is 505 g/mol. The van der Waals surface area contributed by atoms with E-state index in [1.165, 1.54) is 42.5 Å². The van der Waals surface area contributed by atoms with E-state index in [0.717, 1.165) is 5.56 Å². The number of aromatic hydroxyl groups is 1. The molecule has 0 aliphatic heterocycles. The maximum absolute atomic E-state index is 12.6. The summed E-state index contributed by atoms with van der Waals surface area (Å²) in [6.07, 6.45) is -0.202. The van der Waals surface area contributed by atoms with Gasteiger partial charge < -0.3 is 20.6 Å². The molecule has 0 heterocycles. The summed E-state index contributed by atoms with van der Waals surface area (Å²) < 4.78 is 27.6. The number of rotatable bonds is 10. The average Bonchev–Trinajstić information content (AvgIpc) is 2.80. The number of carbonyl (C=O) groups is 1. The number of benzene rings is 3. The Kier molecular flexibility index (Phi) is 8.16. The number of hydrogen-bond acceptors (Lipinski definition) is 6. The van der Waals surface area contributed by atoms with Crippen molar-refractivity contribution in [2.75, 3.05) is 11.3 Å². The lowest BCUT2D eigenvalue weighted by Gasteiger charge is -2.21. The summed E-state index contributed by atoms with van der Waals surface area (Å²) in [6.45, 7) is 2.37. The smallest absolute Gasteiger partial charge is 0.335 e. The highest BCUT2D eigenvalue weighted by Gasteiger charge is 2.17. The molecule has 8 nitrogen and oxygen atoms in total. The first-order valence-corrected chi connectivity index (χ1v) is 12.3. The first-order valence-electron chi connectivity index (χ1n) is 10.4. The van der Waals surface area contributed by atoms with Crippen molar-refractivity contribution in [3.8, 4) is 5.75 Å². The van der Waals surface area contributed by atoms with Crippen LogP contribution in [0.3, 0.4) is 0 Å². The molecule has 0 aliphatic rings. The minimum absolute atomic E-state index is 0.00939. The van der Waals surface area contributed by atoms with E-state index >= 15 is 0 Å². The van der Waals surface area contributed by atoms with Gasteiger partial charge >= 0.3 is 5.97 Å². The zero-order valence-corrected chi connectivity index (χ0v) is 19.8. The fourth-order valence-corrected chi connectivity index (χ4v) is 4.64. The third kappa shape index (κ3) is 6.48. The Hall–Kier alpha value is -3.11. The van der Waals surface area contributed by atoms with Gasteiger partial charge in [-0.2, -0.15) is 0 Å². The highest BCUT2D eigenvalue weighted by molar-refractivity contribution is 7.92. The number of carboxylic acids is 1. The van der Waals surface area contributed by atoms with E-state index in [4.69, 9.17) is 16.7 Å². The van der Waals surface area contributed by atoms with Crippen LogP contribution in [0.1, 0.15) is 34.5 Å².